The average molecular weight is 177 g/mol. The smallest absolute Gasteiger partial charge is 0.134 e. The maximum absolute atomic E-state index is 5.52. The van der Waals surface area contributed by atoms with Crippen molar-refractivity contribution in [1.29, 1.82) is 0 Å². The van der Waals surface area contributed by atoms with E-state index in [2.05, 4.69) is 24.8 Å². The third-order valence-corrected chi connectivity index (χ3v) is 1.83. The highest BCUT2D eigenvalue weighted by atomic mass is 16.3. The number of para-hydroxylation sites is 1. The summed E-state index contributed by atoms with van der Waals surface area (Å²) in [6.07, 6.45) is 0.967. The molecule has 0 unspecified atom stereocenters. The van der Waals surface area contributed by atoms with Crippen LogP contribution < -0.4 is 5.73 Å². The van der Waals surface area contributed by atoms with Crippen LogP contribution in [0.1, 0.15) is 12.7 Å². The van der Waals surface area contributed by atoms with Crippen LogP contribution in [0.15, 0.2) is 34.7 Å². The second-order valence-electron chi connectivity index (χ2n) is 2.60. The fourth-order valence-corrected chi connectivity index (χ4v) is 1.21. The van der Waals surface area contributed by atoms with Crippen LogP contribution in [0.3, 0.4) is 0 Å². The second-order valence-corrected chi connectivity index (χ2v) is 2.60. The molecule has 2 N–H and O–H groups in total. The minimum Gasteiger partial charge on any atom is -0.461 e. The molecule has 0 spiro atoms. The molecule has 0 saturated heterocycles. The summed E-state index contributed by atoms with van der Waals surface area (Å²) in [7, 11) is 1.50. The molecule has 1 aromatic heterocycles. The van der Waals surface area contributed by atoms with Crippen molar-refractivity contribution in [2.24, 2.45) is 5.73 Å². The first-order chi connectivity index (χ1) is 6.40. The third-order valence-electron chi connectivity index (χ3n) is 1.83. The molecule has 2 rings (SSSR count). The monoisotopic (exact) mass is 177 g/mol. The fourth-order valence-electron chi connectivity index (χ4n) is 1.21. The number of rotatable bonds is 1. The van der Waals surface area contributed by atoms with E-state index in [1.54, 1.807) is 0 Å². The lowest BCUT2D eigenvalue weighted by molar-refractivity contribution is 0.557. The first-order valence-corrected chi connectivity index (χ1v) is 4.45. The van der Waals surface area contributed by atoms with Gasteiger partial charge in [0.15, 0.2) is 0 Å². The van der Waals surface area contributed by atoms with E-state index in [-0.39, 0.29) is 0 Å². The number of aryl methyl sites for hydroxylation is 1. The molecule has 0 fully saturated rings. The summed E-state index contributed by atoms with van der Waals surface area (Å²) in [6.45, 7) is 2.09. The lowest BCUT2D eigenvalue weighted by Gasteiger charge is -1.83. The molecule has 2 nitrogen and oxygen atoms in total. The maximum atomic E-state index is 5.52. The van der Waals surface area contributed by atoms with Crippen LogP contribution in [-0.2, 0) is 6.42 Å². The summed E-state index contributed by atoms with van der Waals surface area (Å²) in [4.78, 5) is 0. The quantitative estimate of drug-likeness (QED) is 0.727. The van der Waals surface area contributed by atoms with Crippen LogP contribution in [0.4, 0.5) is 0 Å². The zero-order chi connectivity index (χ0) is 9.68. The molecule has 0 bridgehead atoms. The van der Waals surface area contributed by atoms with E-state index >= 15 is 0 Å². The highest BCUT2D eigenvalue weighted by Gasteiger charge is 1.98. The molecular weight excluding hydrogens is 162 g/mol. The Morgan fingerprint density at radius 3 is 2.54 bits per heavy atom. The highest BCUT2D eigenvalue weighted by Crippen LogP contribution is 2.18. The Bertz CT molecular complexity index is 332. The van der Waals surface area contributed by atoms with Gasteiger partial charge in [-0.3, -0.25) is 0 Å². The number of hydrogen-bond acceptors (Lipinski definition) is 2. The predicted octanol–water partition coefficient (Wildman–Crippen LogP) is 2.57. The van der Waals surface area contributed by atoms with Gasteiger partial charge in [0.05, 0.1) is 0 Å². The SMILES string of the molecule is CCc1cc2ccccc2o1.CN. The maximum Gasteiger partial charge on any atom is 0.134 e. The van der Waals surface area contributed by atoms with Gasteiger partial charge in [0.2, 0.25) is 0 Å². The molecule has 2 heteroatoms. The van der Waals surface area contributed by atoms with E-state index in [4.69, 9.17) is 4.42 Å². The molecule has 0 aliphatic rings. The van der Waals surface area contributed by atoms with Gasteiger partial charge in [0, 0.05) is 11.8 Å². The molecule has 0 aliphatic heterocycles. The Kier molecular flexibility index (Phi) is 3.53. The zero-order valence-corrected chi connectivity index (χ0v) is 8.08. The van der Waals surface area contributed by atoms with E-state index in [0.29, 0.717) is 0 Å². The van der Waals surface area contributed by atoms with Crippen molar-refractivity contribution < 1.29 is 4.42 Å². The Hall–Kier alpha value is -1.28. The van der Waals surface area contributed by atoms with Crippen molar-refractivity contribution in [3.05, 3.63) is 36.1 Å². The second kappa shape index (κ2) is 4.67. The molecule has 0 amide bonds. The lowest BCUT2D eigenvalue weighted by Crippen LogP contribution is -1.69. The molecule has 0 aliphatic carbocycles. The first kappa shape index (κ1) is 9.81. The molecule has 0 atom stereocenters. The molecule has 1 aromatic carbocycles. The van der Waals surface area contributed by atoms with Crippen molar-refractivity contribution in [3.8, 4) is 0 Å². The molecule has 70 valence electrons. The van der Waals surface area contributed by atoms with Crippen LogP contribution >= 0.6 is 0 Å². The van der Waals surface area contributed by atoms with Gasteiger partial charge in [-0.15, -0.1) is 0 Å². The van der Waals surface area contributed by atoms with Gasteiger partial charge in [-0.05, 0) is 19.2 Å². The van der Waals surface area contributed by atoms with Gasteiger partial charge >= 0.3 is 0 Å². The Morgan fingerprint density at radius 2 is 1.92 bits per heavy atom. The Labute approximate surface area is 78.3 Å². The van der Waals surface area contributed by atoms with Crippen LogP contribution in [0.5, 0.6) is 0 Å². The van der Waals surface area contributed by atoms with Crippen molar-refractivity contribution in [2.75, 3.05) is 7.05 Å². The van der Waals surface area contributed by atoms with Crippen molar-refractivity contribution in [3.63, 3.8) is 0 Å². The Balaban J connectivity index is 0.000000396. The van der Waals surface area contributed by atoms with Gasteiger partial charge < -0.3 is 10.2 Å². The molecule has 2 aromatic rings. The average Bonchev–Trinajstić information content (AvgIpc) is 2.63. The van der Waals surface area contributed by atoms with Gasteiger partial charge in [-0.1, -0.05) is 25.1 Å². The topological polar surface area (TPSA) is 39.2 Å². The van der Waals surface area contributed by atoms with E-state index in [1.807, 2.05) is 18.2 Å². The summed E-state index contributed by atoms with van der Waals surface area (Å²) >= 11 is 0. The largest absolute Gasteiger partial charge is 0.461 e. The van der Waals surface area contributed by atoms with E-state index in [1.165, 1.54) is 12.4 Å². The van der Waals surface area contributed by atoms with Crippen molar-refractivity contribution in [2.45, 2.75) is 13.3 Å². The number of fused-ring (bicyclic) bond motifs is 1. The summed E-state index contributed by atoms with van der Waals surface area (Å²) in [6, 6.07) is 10.2. The summed E-state index contributed by atoms with van der Waals surface area (Å²) < 4.78 is 5.52. The van der Waals surface area contributed by atoms with Crippen LogP contribution in [0, 0.1) is 0 Å². The highest BCUT2D eigenvalue weighted by molar-refractivity contribution is 5.77. The van der Waals surface area contributed by atoms with E-state index in [9.17, 15) is 0 Å². The van der Waals surface area contributed by atoms with E-state index < -0.39 is 0 Å². The summed E-state index contributed by atoms with van der Waals surface area (Å²) in [5, 5.41) is 1.20. The fraction of sp³-hybridized carbons (Fsp3) is 0.273. The molecule has 0 radical (unpaired) electrons. The molecular formula is C11H15NO. The minimum absolute atomic E-state index is 0.967. The van der Waals surface area contributed by atoms with Crippen LogP contribution in [0.25, 0.3) is 11.0 Å². The normalized spacial score (nSPS) is 9.46. The van der Waals surface area contributed by atoms with Crippen LogP contribution in [-0.4, -0.2) is 7.05 Å². The van der Waals surface area contributed by atoms with Crippen LogP contribution in [0.2, 0.25) is 0 Å². The summed E-state index contributed by atoms with van der Waals surface area (Å²) in [5.41, 5.74) is 5.49. The standard InChI is InChI=1S/C10H10O.CH5N/c1-2-9-7-8-5-3-4-6-10(8)11-9;1-2/h3-7H,2H2,1H3;2H2,1H3. The number of furan rings is 1. The zero-order valence-electron chi connectivity index (χ0n) is 8.08. The Morgan fingerprint density at radius 1 is 1.23 bits per heavy atom. The van der Waals surface area contributed by atoms with Gasteiger partial charge in [0.25, 0.3) is 0 Å². The van der Waals surface area contributed by atoms with Crippen molar-refractivity contribution >= 4 is 11.0 Å². The van der Waals surface area contributed by atoms with Gasteiger partial charge in [-0.2, -0.15) is 0 Å². The third kappa shape index (κ3) is 2.10. The predicted molar refractivity (Wildman–Crippen MR) is 55.7 cm³/mol. The van der Waals surface area contributed by atoms with E-state index in [0.717, 1.165) is 17.8 Å². The minimum atomic E-state index is 0.967. The number of benzene rings is 1. The van der Waals surface area contributed by atoms with Gasteiger partial charge in [0.1, 0.15) is 11.3 Å². The summed E-state index contributed by atoms with van der Waals surface area (Å²) in [5.74, 6) is 1.06. The molecule has 0 saturated carbocycles. The van der Waals surface area contributed by atoms with Gasteiger partial charge in [-0.25, -0.2) is 0 Å². The lowest BCUT2D eigenvalue weighted by atomic mass is 10.2. The molecule has 1 heterocycles. The first-order valence-electron chi connectivity index (χ1n) is 4.45. The van der Waals surface area contributed by atoms with Crippen molar-refractivity contribution in [1.82, 2.24) is 0 Å². The number of hydrogen-bond donors (Lipinski definition) is 1. The molecule has 13 heavy (non-hydrogen) atoms. The number of nitrogens with two attached hydrogens (primary N) is 1.